The highest BCUT2D eigenvalue weighted by Crippen LogP contribution is 2.35. The monoisotopic (exact) mass is 258 g/mol. The number of nitrogens with zero attached hydrogens (tertiary/aromatic N) is 1. The molecule has 0 saturated carbocycles. The summed E-state index contributed by atoms with van der Waals surface area (Å²) in [6.07, 6.45) is 0.713. The first-order valence-corrected chi connectivity index (χ1v) is 5.25. The molecule has 1 rings (SSSR count). The fourth-order valence-electron chi connectivity index (χ4n) is 1.18. The number of nitro groups is 1. The topological polar surface area (TPSA) is 95.5 Å². The zero-order chi connectivity index (χ0) is 13.0. The lowest BCUT2D eigenvalue weighted by Crippen LogP contribution is -2.12. The molecule has 0 heterocycles. The summed E-state index contributed by atoms with van der Waals surface area (Å²) in [5.41, 5.74) is 4.67. The molecule has 1 aromatic carbocycles. The van der Waals surface area contributed by atoms with Crippen LogP contribution in [0.5, 0.6) is 5.75 Å². The van der Waals surface area contributed by atoms with Gasteiger partial charge in [-0.2, -0.15) is 0 Å². The Bertz CT molecular complexity index is 462. The number of primary amides is 1. The molecular weight excluding hydrogens is 248 g/mol. The minimum absolute atomic E-state index is 0.00722. The molecule has 0 saturated heterocycles. The van der Waals surface area contributed by atoms with Crippen LogP contribution >= 0.6 is 11.6 Å². The number of nitro benzene ring substituents is 1. The molecule has 7 heteroatoms. The number of hydrogen-bond acceptors (Lipinski definition) is 4. The maximum absolute atomic E-state index is 11.0. The van der Waals surface area contributed by atoms with Crippen LogP contribution < -0.4 is 10.5 Å². The minimum Gasteiger partial charge on any atom is -0.492 e. The summed E-state index contributed by atoms with van der Waals surface area (Å²) in [5, 5.41) is 10.6. The fourth-order valence-corrected chi connectivity index (χ4v) is 1.41. The molecule has 2 N–H and O–H groups in total. The van der Waals surface area contributed by atoms with Crippen LogP contribution in [0.15, 0.2) is 12.1 Å². The van der Waals surface area contributed by atoms with Gasteiger partial charge in [-0.25, -0.2) is 0 Å². The van der Waals surface area contributed by atoms with Crippen LogP contribution in [0.25, 0.3) is 0 Å². The van der Waals surface area contributed by atoms with Crippen molar-refractivity contribution in [2.75, 3.05) is 6.61 Å². The maximum atomic E-state index is 11.0. The first-order chi connectivity index (χ1) is 7.97. The van der Waals surface area contributed by atoms with Crippen LogP contribution in [-0.4, -0.2) is 17.4 Å². The van der Waals surface area contributed by atoms with Crippen molar-refractivity contribution in [1.29, 1.82) is 0 Å². The quantitative estimate of drug-likeness (QED) is 0.646. The Labute approximate surface area is 102 Å². The van der Waals surface area contributed by atoms with Gasteiger partial charge in [0.05, 0.1) is 11.5 Å². The fraction of sp³-hybridized carbons (Fsp3) is 0.300. The highest BCUT2D eigenvalue weighted by atomic mass is 35.5. The summed E-state index contributed by atoms with van der Waals surface area (Å²) >= 11 is 5.80. The van der Waals surface area contributed by atoms with Gasteiger partial charge in [-0.05, 0) is 12.5 Å². The smallest absolute Gasteiger partial charge is 0.292 e. The van der Waals surface area contributed by atoms with Crippen LogP contribution in [0.4, 0.5) is 5.69 Å². The van der Waals surface area contributed by atoms with Crippen LogP contribution in [0, 0.1) is 10.1 Å². The molecule has 0 atom stereocenters. The van der Waals surface area contributed by atoms with Crippen molar-refractivity contribution in [3.05, 3.63) is 32.8 Å². The third-order valence-corrected chi connectivity index (χ3v) is 2.34. The lowest BCUT2D eigenvalue weighted by Gasteiger charge is -2.08. The van der Waals surface area contributed by atoms with E-state index in [1.165, 1.54) is 6.07 Å². The number of hydrogen-bond donors (Lipinski definition) is 1. The number of carbonyl (C=O) groups excluding carboxylic acids is 1. The number of carbonyl (C=O) groups is 1. The molecule has 0 fully saturated rings. The Balaban J connectivity index is 3.27. The molecule has 0 spiro atoms. The van der Waals surface area contributed by atoms with E-state index < -0.39 is 16.5 Å². The van der Waals surface area contributed by atoms with Crippen LogP contribution in [-0.2, 0) is 0 Å². The molecule has 0 bridgehead atoms. The van der Waals surface area contributed by atoms with E-state index in [1.807, 2.05) is 6.92 Å². The molecule has 0 aliphatic heterocycles. The lowest BCUT2D eigenvalue weighted by molar-refractivity contribution is -0.384. The summed E-state index contributed by atoms with van der Waals surface area (Å²) < 4.78 is 5.22. The normalized spacial score (nSPS) is 10.0. The largest absolute Gasteiger partial charge is 0.492 e. The standard InChI is InChI=1S/C10H11ClN2O4/c1-2-3-17-8-5-6(10(12)14)4-7(9(8)11)13(15)16/h4-5H,2-3H2,1H3,(H2,12,14). The molecule has 0 aliphatic rings. The van der Waals surface area contributed by atoms with E-state index in [4.69, 9.17) is 22.1 Å². The van der Waals surface area contributed by atoms with Gasteiger partial charge in [0.1, 0.15) is 5.75 Å². The maximum Gasteiger partial charge on any atom is 0.292 e. The van der Waals surface area contributed by atoms with Gasteiger partial charge in [0, 0.05) is 11.6 Å². The lowest BCUT2D eigenvalue weighted by atomic mass is 10.2. The van der Waals surface area contributed by atoms with Gasteiger partial charge in [-0.3, -0.25) is 14.9 Å². The summed E-state index contributed by atoms with van der Waals surface area (Å²) in [6.45, 7) is 2.22. The highest BCUT2D eigenvalue weighted by Gasteiger charge is 2.20. The van der Waals surface area contributed by atoms with Crippen molar-refractivity contribution in [1.82, 2.24) is 0 Å². The Morgan fingerprint density at radius 2 is 2.24 bits per heavy atom. The third-order valence-electron chi connectivity index (χ3n) is 1.96. The van der Waals surface area contributed by atoms with Crippen molar-refractivity contribution in [2.45, 2.75) is 13.3 Å². The van der Waals surface area contributed by atoms with E-state index >= 15 is 0 Å². The summed E-state index contributed by atoms with van der Waals surface area (Å²) in [4.78, 5) is 21.1. The summed E-state index contributed by atoms with van der Waals surface area (Å²) in [7, 11) is 0. The van der Waals surface area contributed by atoms with Crippen molar-refractivity contribution in [3.63, 3.8) is 0 Å². The summed E-state index contributed by atoms with van der Waals surface area (Å²) in [6, 6.07) is 2.33. The second-order valence-electron chi connectivity index (χ2n) is 3.28. The zero-order valence-electron chi connectivity index (χ0n) is 9.10. The number of benzene rings is 1. The Morgan fingerprint density at radius 3 is 2.71 bits per heavy atom. The molecule has 0 unspecified atom stereocenters. The SMILES string of the molecule is CCCOc1cc(C(N)=O)cc([N+](=O)[O-])c1Cl. The van der Waals surface area contributed by atoms with Crippen molar-refractivity contribution >= 4 is 23.2 Å². The third kappa shape index (κ3) is 3.07. The number of halogens is 1. The van der Waals surface area contributed by atoms with Crippen molar-refractivity contribution in [3.8, 4) is 5.75 Å². The van der Waals surface area contributed by atoms with Gasteiger partial charge in [0.2, 0.25) is 5.91 Å². The second kappa shape index (κ2) is 5.49. The molecule has 92 valence electrons. The molecule has 0 radical (unpaired) electrons. The molecule has 6 nitrogen and oxygen atoms in total. The first kappa shape index (κ1) is 13.2. The Kier molecular flexibility index (Phi) is 4.28. The van der Waals surface area contributed by atoms with Gasteiger partial charge in [-0.1, -0.05) is 18.5 Å². The van der Waals surface area contributed by atoms with E-state index in [-0.39, 0.29) is 16.3 Å². The van der Waals surface area contributed by atoms with E-state index in [0.29, 0.717) is 13.0 Å². The molecule has 1 aromatic rings. The van der Waals surface area contributed by atoms with Crippen LogP contribution in [0.3, 0.4) is 0 Å². The van der Waals surface area contributed by atoms with Gasteiger partial charge in [0.25, 0.3) is 5.69 Å². The first-order valence-electron chi connectivity index (χ1n) is 4.88. The van der Waals surface area contributed by atoms with Gasteiger partial charge in [0.15, 0.2) is 5.02 Å². The molecule has 0 aromatic heterocycles. The summed E-state index contributed by atoms with van der Waals surface area (Å²) in [5.74, 6) is -0.678. The number of nitrogens with two attached hydrogens (primary N) is 1. The van der Waals surface area contributed by atoms with Crippen molar-refractivity contribution < 1.29 is 14.5 Å². The Morgan fingerprint density at radius 1 is 1.59 bits per heavy atom. The van der Waals surface area contributed by atoms with Crippen molar-refractivity contribution in [2.24, 2.45) is 5.73 Å². The van der Waals surface area contributed by atoms with E-state index in [9.17, 15) is 14.9 Å². The Hall–Kier alpha value is -1.82. The zero-order valence-corrected chi connectivity index (χ0v) is 9.86. The number of amides is 1. The minimum atomic E-state index is -0.772. The second-order valence-corrected chi connectivity index (χ2v) is 3.66. The van der Waals surface area contributed by atoms with Crippen LogP contribution in [0.2, 0.25) is 5.02 Å². The molecular formula is C10H11ClN2O4. The van der Waals surface area contributed by atoms with E-state index in [0.717, 1.165) is 6.07 Å². The highest BCUT2D eigenvalue weighted by molar-refractivity contribution is 6.34. The average molecular weight is 259 g/mol. The number of ether oxygens (including phenoxy) is 1. The molecule has 17 heavy (non-hydrogen) atoms. The van der Waals surface area contributed by atoms with Gasteiger partial charge in [-0.15, -0.1) is 0 Å². The predicted molar refractivity (Wildman–Crippen MR) is 62.4 cm³/mol. The predicted octanol–water partition coefficient (Wildman–Crippen LogP) is 2.14. The van der Waals surface area contributed by atoms with Crippen LogP contribution in [0.1, 0.15) is 23.7 Å². The van der Waals surface area contributed by atoms with E-state index in [1.54, 1.807) is 0 Å². The molecule has 0 aliphatic carbocycles. The van der Waals surface area contributed by atoms with E-state index in [2.05, 4.69) is 0 Å². The van der Waals surface area contributed by atoms with Gasteiger partial charge >= 0.3 is 0 Å². The average Bonchev–Trinajstić information content (AvgIpc) is 2.26. The number of rotatable bonds is 5. The van der Waals surface area contributed by atoms with Gasteiger partial charge < -0.3 is 10.5 Å². The molecule has 1 amide bonds.